The molecule has 2 rings (SSSR count). The van der Waals surface area contributed by atoms with E-state index in [4.69, 9.17) is 4.74 Å². The zero-order valence-corrected chi connectivity index (χ0v) is 11.6. The summed E-state index contributed by atoms with van der Waals surface area (Å²) in [5, 5.41) is 10.5. The molecule has 0 aliphatic carbocycles. The monoisotopic (exact) mass is 259 g/mol. The van der Waals surface area contributed by atoms with Crippen molar-refractivity contribution < 1.29 is 4.74 Å². The van der Waals surface area contributed by atoms with E-state index < -0.39 is 0 Å². The smallest absolute Gasteiger partial charge is 0.119 e. The first-order chi connectivity index (χ1) is 9.35. The molecule has 0 aliphatic heterocycles. The maximum Gasteiger partial charge on any atom is 0.119 e. The molecule has 0 radical (unpaired) electrons. The molecule has 0 saturated heterocycles. The Balaban J connectivity index is 2.11. The standard InChI is InChI=1S/C15H21N3O/c1-3-9-19-14-7-5-12(6-8-14)15-13(10-16-4-2)11-17-18-15/h5-8,11,16H,3-4,9-10H2,1-2H3,(H,17,18). The quantitative estimate of drug-likeness (QED) is 0.803. The van der Waals surface area contributed by atoms with Crippen LogP contribution in [0.2, 0.25) is 0 Å². The number of hydrogen-bond acceptors (Lipinski definition) is 3. The Morgan fingerprint density at radius 2 is 2.00 bits per heavy atom. The van der Waals surface area contributed by atoms with Gasteiger partial charge in [0.1, 0.15) is 5.75 Å². The van der Waals surface area contributed by atoms with Crippen molar-refractivity contribution in [1.82, 2.24) is 15.5 Å². The van der Waals surface area contributed by atoms with Crippen molar-refractivity contribution in [1.29, 1.82) is 0 Å². The Labute approximate surface area is 114 Å². The van der Waals surface area contributed by atoms with Gasteiger partial charge in [-0.2, -0.15) is 5.10 Å². The van der Waals surface area contributed by atoms with Gasteiger partial charge in [0.2, 0.25) is 0 Å². The van der Waals surface area contributed by atoms with Gasteiger partial charge in [-0.05, 0) is 37.2 Å². The topological polar surface area (TPSA) is 49.9 Å². The largest absolute Gasteiger partial charge is 0.494 e. The SMILES string of the molecule is CCCOc1ccc(-c2[nH]ncc2CNCC)cc1. The minimum atomic E-state index is 0.759. The fraction of sp³-hybridized carbons (Fsp3) is 0.400. The molecule has 19 heavy (non-hydrogen) atoms. The molecule has 102 valence electrons. The molecule has 1 aromatic heterocycles. The fourth-order valence-corrected chi connectivity index (χ4v) is 1.89. The van der Waals surface area contributed by atoms with E-state index in [0.29, 0.717) is 0 Å². The summed E-state index contributed by atoms with van der Waals surface area (Å²) < 4.78 is 5.58. The van der Waals surface area contributed by atoms with E-state index in [-0.39, 0.29) is 0 Å². The average molecular weight is 259 g/mol. The predicted octanol–water partition coefficient (Wildman–Crippen LogP) is 2.98. The van der Waals surface area contributed by atoms with Gasteiger partial charge in [0.25, 0.3) is 0 Å². The maximum atomic E-state index is 5.58. The van der Waals surface area contributed by atoms with Crippen LogP contribution in [-0.2, 0) is 6.54 Å². The van der Waals surface area contributed by atoms with E-state index in [1.165, 1.54) is 5.56 Å². The number of aromatic amines is 1. The van der Waals surface area contributed by atoms with E-state index in [1.807, 2.05) is 18.3 Å². The van der Waals surface area contributed by atoms with Crippen LogP contribution in [0.1, 0.15) is 25.8 Å². The summed E-state index contributed by atoms with van der Waals surface area (Å²) in [6, 6.07) is 8.13. The first-order valence-electron chi connectivity index (χ1n) is 6.81. The van der Waals surface area contributed by atoms with Crippen LogP contribution in [0.4, 0.5) is 0 Å². The third-order valence-electron chi connectivity index (χ3n) is 2.90. The van der Waals surface area contributed by atoms with Crippen LogP contribution in [0.15, 0.2) is 30.5 Å². The molecule has 0 spiro atoms. The van der Waals surface area contributed by atoms with Crippen LogP contribution in [0.25, 0.3) is 11.3 Å². The summed E-state index contributed by atoms with van der Waals surface area (Å²) in [6.45, 7) is 6.74. The van der Waals surface area contributed by atoms with Crippen LogP contribution in [0.5, 0.6) is 5.75 Å². The Morgan fingerprint density at radius 1 is 1.21 bits per heavy atom. The molecule has 2 aromatic rings. The number of H-pyrrole nitrogens is 1. The van der Waals surface area contributed by atoms with Crippen LogP contribution in [-0.4, -0.2) is 23.3 Å². The Kier molecular flexibility index (Phi) is 4.98. The summed E-state index contributed by atoms with van der Waals surface area (Å²) in [7, 11) is 0. The molecule has 0 aliphatic rings. The number of rotatable bonds is 7. The second kappa shape index (κ2) is 6.95. The van der Waals surface area contributed by atoms with Crippen molar-refractivity contribution in [3.05, 3.63) is 36.0 Å². The highest BCUT2D eigenvalue weighted by atomic mass is 16.5. The van der Waals surface area contributed by atoms with Crippen molar-refractivity contribution in [3.63, 3.8) is 0 Å². The van der Waals surface area contributed by atoms with Crippen LogP contribution < -0.4 is 10.1 Å². The highest BCUT2D eigenvalue weighted by Crippen LogP contribution is 2.23. The van der Waals surface area contributed by atoms with Crippen molar-refractivity contribution >= 4 is 0 Å². The lowest BCUT2D eigenvalue weighted by Gasteiger charge is -2.07. The summed E-state index contributed by atoms with van der Waals surface area (Å²) in [4.78, 5) is 0. The molecule has 0 fully saturated rings. The molecular weight excluding hydrogens is 238 g/mol. The van der Waals surface area contributed by atoms with E-state index in [2.05, 4.69) is 41.5 Å². The first kappa shape index (κ1) is 13.6. The molecule has 1 heterocycles. The van der Waals surface area contributed by atoms with Crippen molar-refractivity contribution in [2.45, 2.75) is 26.8 Å². The molecular formula is C15H21N3O. The zero-order valence-electron chi connectivity index (χ0n) is 11.6. The number of nitrogens with one attached hydrogen (secondary N) is 2. The highest BCUT2D eigenvalue weighted by Gasteiger charge is 2.07. The number of benzene rings is 1. The fourth-order valence-electron chi connectivity index (χ4n) is 1.89. The average Bonchev–Trinajstić information content (AvgIpc) is 2.92. The Hall–Kier alpha value is -1.81. The number of hydrogen-bond donors (Lipinski definition) is 2. The van der Waals surface area contributed by atoms with Gasteiger partial charge in [-0.25, -0.2) is 0 Å². The third-order valence-corrected chi connectivity index (χ3v) is 2.90. The molecule has 2 N–H and O–H groups in total. The molecule has 0 amide bonds. The van der Waals surface area contributed by atoms with Gasteiger partial charge >= 0.3 is 0 Å². The van der Waals surface area contributed by atoms with Gasteiger partial charge in [0.15, 0.2) is 0 Å². The molecule has 0 atom stereocenters. The molecule has 0 unspecified atom stereocenters. The summed E-state index contributed by atoms with van der Waals surface area (Å²) in [6.07, 6.45) is 2.90. The number of aromatic nitrogens is 2. The van der Waals surface area contributed by atoms with Crippen LogP contribution in [0, 0.1) is 0 Å². The van der Waals surface area contributed by atoms with E-state index in [1.54, 1.807) is 0 Å². The summed E-state index contributed by atoms with van der Waals surface area (Å²) in [5.74, 6) is 0.915. The minimum absolute atomic E-state index is 0.759. The minimum Gasteiger partial charge on any atom is -0.494 e. The van der Waals surface area contributed by atoms with Crippen molar-refractivity contribution in [3.8, 4) is 17.0 Å². The van der Waals surface area contributed by atoms with Gasteiger partial charge in [0, 0.05) is 17.7 Å². The Bertz CT molecular complexity index is 490. The summed E-state index contributed by atoms with van der Waals surface area (Å²) in [5.41, 5.74) is 3.39. The van der Waals surface area contributed by atoms with E-state index in [0.717, 1.165) is 43.1 Å². The van der Waals surface area contributed by atoms with Crippen molar-refractivity contribution in [2.24, 2.45) is 0 Å². The lowest BCUT2D eigenvalue weighted by atomic mass is 10.1. The third kappa shape index (κ3) is 3.58. The van der Waals surface area contributed by atoms with E-state index >= 15 is 0 Å². The first-order valence-corrected chi connectivity index (χ1v) is 6.81. The number of ether oxygens (including phenoxy) is 1. The van der Waals surface area contributed by atoms with Gasteiger partial charge in [-0.1, -0.05) is 13.8 Å². The van der Waals surface area contributed by atoms with Gasteiger partial charge in [0.05, 0.1) is 18.5 Å². The number of nitrogens with zero attached hydrogens (tertiary/aromatic N) is 1. The van der Waals surface area contributed by atoms with Crippen molar-refractivity contribution in [2.75, 3.05) is 13.2 Å². The van der Waals surface area contributed by atoms with Gasteiger partial charge in [-0.3, -0.25) is 5.10 Å². The predicted molar refractivity (Wildman–Crippen MR) is 77.2 cm³/mol. The molecule has 0 saturated carbocycles. The van der Waals surface area contributed by atoms with Gasteiger partial charge in [-0.15, -0.1) is 0 Å². The zero-order chi connectivity index (χ0) is 13.5. The van der Waals surface area contributed by atoms with E-state index in [9.17, 15) is 0 Å². The molecule has 4 nitrogen and oxygen atoms in total. The molecule has 0 bridgehead atoms. The molecule has 1 aromatic carbocycles. The molecule has 4 heteroatoms. The normalized spacial score (nSPS) is 10.6. The second-order valence-corrected chi connectivity index (χ2v) is 4.42. The van der Waals surface area contributed by atoms with Gasteiger partial charge < -0.3 is 10.1 Å². The second-order valence-electron chi connectivity index (χ2n) is 4.42. The van der Waals surface area contributed by atoms with Crippen LogP contribution in [0.3, 0.4) is 0 Å². The maximum absolute atomic E-state index is 5.58. The van der Waals surface area contributed by atoms with Crippen LogP contribution >= 0.6 is 0 Å². The highest BCUT2D eigenvalue weighted by molar-refractivity contribution is 5.63. The lowest BCUT2D eigenvalue weighted by Crippen LogP contribution is -2.11. The summed E-state index contributed by atoms with van der Waals surface area (Å²) >= 11 is 0. The lowest BCUT2D eigenvalue weighted by molar-refractivity contribution is 0.317. The Morgan fingerprint density at radius 3 is 2.68 bits per heavy atom.